The van der Waals surface area contributed by atoms with Gasteiger partial charge in [0.15, 0.2) is 0 Å². The molecule has 0 saturated heterocycles. The van der Waals surface area contributed by atoms with Crippen LogP contribution in [0.5, 0.6) is 0 Å². The number of hydrogen-bond acceptors (Lipinski definition) is 2. The number of terminal acetylenes is 1. The highest BCUT2D eigenvalue weighted by atomic mass is 35.5. The van der Waals surface area contributed by atoms with E-state index < -0.39 is 5.82 Å². The van der Waals surface area contributed by atoms with E-state index in [1.54, 1.807) is 0 Å². The second-order valence-corrected chi connectivity index (χ2v) is 3.91. The van der Waals surface area contributed by atoms with Crippen LogP contribution < -0.4 is 10.6 Å². The van der Waals surface area contributed by atoms with Gasteiger partial charge in [0.2, 0.25) is 5.91 Å². The van der Waals surface area contributed by atoms with Crippen LogP contribution in [0.25, 0.3) is 0 Å². The molecule has 0 radical (unpaired) electrons. The number of halogens is 3. The monoisotopic (exact) mass is 274 g/mol. The van der Waals surface area contributed by atoms with E-state index in [1.165, 1.54) is 0 Å². The SMILES string of the molecule is C#CCNCC(=O)Nc1c(Cl)cc(F)cc1Cl. The molecule has 2 N–H and O–H groups in total. The molecule has 0 saturated carbocycles. The Morgan fingerprint density at radius 2 is 2.00 bits per heavy atom. The van der Waals surface area contributed by atoms with Gasteiger partial charge < -0.3 is 5.32 Å². The van der Waals surface area contributed by atoms with E-state index in [2.05, 4.69) is 16.6 Å². The summed E-state index contributed by atoms with van der Waals surface area (Å²) in [4.78, 5) is 11.4. The van der Waals surface area contributed by atoms with Crippen LogP contribution in [-0.2, 0) is 4.79 Å². The molecule has 0 aliphatic heterocycles. The first kappa shape index (κ1) is 13.8. The van der Waals surface area contributed by atoms with Crippen LogP contribution in [-0.4, -0.2) is 19.0 Å². The van der Waals surface area contributed by atoms with E-state index in [1.807, 2.05) is 0 Å². The first-order chi connectivity index (χ1) is 8.04. The average Bonchev–Trinajstić information content (AvgIpc) is 2.24. The molecule has 3 nitrogen and oxygen atoms in total. The largest absolute Gasteiger partial charge is 0.322 e. The highest BCUT2D eigenvalue weighted by molar-refractivity contribution is 6.39. The van der Waals surface area contributed by atoms with E-state index in [0.717, 1.165) is 12.1 Å². The highest BCUT2D eigenvalue weighted by Gasteiger charge is 2.11. The molecule has 0 heterocycles. The summed E-state index contributed by atoms with van der Waals surface area (Å²) in [6, 6.07) is 2.13. The van der Waals surface area contributed by atoms with Crippen molar-refractivity contribution < 1.29 is 9.18 Å². The van der Waals surface area contributed by atoms with Gasteiger partial charge in [-0.2, -0.15) is 0 Å². The Morgan fingerprint density at radius 1 is 1.41 bits per heavy atom. The van der Waals surface area contributed by atoms with Gasteiger partial charge in [0.1, 0.15) is 5.82 Å². The Morgan fingerprint density at radius 3 is 2.53 bits per heavy atom. The predicted octanol–water partition coefficient (Wildman–Crippen LogP) is 2.29. The number of carbonyl (C=O) groups is 1. The Balaban J connectivity index is 2.69. The zero-order valence-electron chi connectivity index (χ0n) is 8.69. The van der Waals surface area contributed by atoms with Crippen LogP contribution in [0.4, 0.5) is 10.1 Å². The van der Waals surface area contributed by atoms with E-state index in [-0.39, 0.29) is 34.7 Å². The number of benzene rings is 1. The number of rotatable bonds is 4. The lowest BCUT2D eigenvalue weighted by Crippen LogP contribution is -2.28. The molecule has 0 bridgehead atoms. The Kier molecular flexibility index (Phi) is 5.23. The van der Waals surface area contributed by atoms with Crippen molar-refractivity contribution in [2.24, 2.45) is 0 Å². The second-order valence-electron chi connectivity index (χ2n) is 3.10. The van der Waals surface area contributed by atoms with Gasteiger partial charge in [0.05, 0.1) is 28.8 Å². The minimum Gasteiger partial charge on any atom is -0.322 e. The number of nitrogens with one attached hydrogen (secondary N) is 2. The fraction of sp³-hybridized carbons (Fsp3) is 0.182. The third-order valence-electron chi connectivity index (χ3n) is 1.78. The van der Waals surface area contributed by atoms with Crippen molar-refractivity contribution >= 4 is 34.8 Å². The zero-order valence-corrected chi connectivity index (χ0v) is 10.2. The summed E-state index contributed by atoms with van der Waals surface area (Å²) in [5, 5.41) is 5.24. The van der Waals surface area contributed by atoms with Crippen molar-refractivity contribution in [1.82, 2.24) is 5.32 Å². The molecular weight excluding hydrogens is 266 g/mol. The molecule has 0 spiro atoms. The minimum absolute atomic E-state index is 0.0221. The van der Waals surface area contributed by atoms with Gasteiger partial charge in [-0.05, 0) is 12.1 Å². The van der Waals surface area contributed by atoms with E-state index in [0.29, 0.717) is 0 Å². The Bertz CT molecular complexity index is 448. The minimum atomic E-state index is -0.566. The molecule has 1 amide bonds. The van der Waals surface area contributed by atoms with Gasteiger partial charge in [0.25, 0.3) is 0 Å². The third-order valence-corrected chi connectivity index (χ3v) is 2.38. The summed E-state index contributed by atoms with van der Waals surface area (Å²) in [5.74, 6) is 1.39. The molecule has 0 atom stereocenters. The Labute approximate surface area is 108 Å². The third kappa shape index (κ3) is 4.23. The number of carbonyl (C=O) groups excluding carboxylic acids is 1. The molecule has 0 aliphatic carbocycles. The predicted molar refractivity (Wildman–Crippen MR) is 66.8 cm³/mol. The van der Waals surface area contributed by atoms with Gasteiger partial charge in [-0.1, -0.05) is 29.1 Å². The molecule has 90 valence electrons. The summed E-state index contributed by atoms with van der Waals surface area (Å²) < 4.78 is 12.9. The number of anilines is 1. The summed E-state index contributed by atoms with van der Waals surface area (Å²) >= 11 is 11.5. The van der Waals surface area contributed by atoms with Crippen LogP contribution in [0.2, 0.25) is 10.0 Å². The highest BCUT2D eigenvalue weighted by Crippen LogP contribution is 2.31. The van der Waals surface area contributed by atoms with Crippen LogP contribution in [0.3, 0.4) is 0 Å². The Hall–Kier alpha value is -1.28. The van der Waals surface area contributed by atoms with Crippen LogP contribution in [0.15, 0.2) is 12.1 Å². The quantitative estimate of drug-likeness (QED) is 0.654. The van der Waals surface area contributed by atoms with Crippen molar-refractivity contribution in [3.8, 4) is 12.3 Å². The number of hydrogen-bond donors (Lipinski definition) is 2. The van der Waals surface area contributed by atoms with Crippen molar-refractivity contribution in [1.29, 1.82) is 0 Å². The normalized spacial score (nSPS) is 9.76. The first-order valence-electron chi connectivity index (χ1n) is 4.63. The smallest absolute Gasteiger partial charge is 0.238 e. The van der Waals surface area contributed by atoms with Crippen molar-refractivity contribution in [2.45, 2.75) is 0 Å². The fourth-order valence-electron chi connectivity index (χ4n) is 1.09. The van der Waals surface area contributed by atoms with Crippen molar-refractivity contribution in [3.63, 3.8) is 0 Å². The molecule has 0 fully saturated rings. The maximum absolute atomic E-state index is 12.9. The molecule has 0 aromatic heterocycles. The standard InChI is InChI=1S/C11H9Cl2FN2O/c1-2-3-15-6-10(17)16-11-8(12)4-7(14)5-9(11)13/h1,4-5,15H,3,6H2,(H,16,17). The van der Waals surface area contributed by atoms with Crippen molar-refractivity contribution in [2.75, 3.05) is 18.4 Å². The molecular formula is C11H9Cl2FN2O. The number of amides is 1. The lowest BCUT2D eigenvalue weighted by Gasteiger charge is -2.09. The van der Waals surface area contributed by atoms with Gasteiger partial charge in [-0.25, -0.2) is 4.39 Å². The first-order valence-corrected chi connectivity index (χ1v) is 5.38. The van der Waals surface area contributed by atoms with Gasteiger partial charge in [0, 0.05) is 0 Å². The topological polar surface area (TPSA) is 41.1 Å². The van der Waals surface area contributed by atoms with Crippen LogP contribution in [0, 0.1) is 18.2 Å². The lowest BCUT2D eigenvalue weighted by atomic mass is 10.3. The summed E-state index contributed by atoms with van der Waals surface area (Å²) in [6.07, 6.45) is 5.00. The molecule has 17 heavy (non-hydrogen) atoms. The maximum Gasteiger partial charge on any atom is 0.238 e. The summed E-state index contributed by atoms with van der Waals surface area (Å²) in [5.41, 5.74) is 0.183. The fourth-order valence-corrected chi connectivity index (χ4v) is 1.65. The molecule has 6 heteroatoms. The zero-order chi connectivity index (χ0) is 12.8. The summed E-state index contributed by atoms with van der Waals surface area (Å²) in [7, 11) is 0. The molecule has 1 rings (SSSR count). The molecule has 1 aromatic rings. The van der Waals surface area contributed by atoms with Crippen molar-refractivity contribution in [3.05, 3.63) is 28.0 Å². The lowest BCUT2D eigenvalue weighted by molar-refractivity contribution is -0.115. The summed E-state index contributed by atoms with van der Waals surface area (Å²) in [6.45, 7) is 0.298. The maximum atomic E-state index is 12.9. The molecule has 0 unspecified atom stereocenters. The van der Waals surface area contributed by atoms with E-state index >= 15 is 0 Å². The van der Waals surface area contributed by atoms with Crippen LogP contribution in [0.1, 0.15) is 0 Å². The molecule has 1 aromatic carbocycles. The molecule has 0 aliphatic rings. The van der Waals surface area contributed by atoms with E-state index in [4.69, 9.17) is 29.6 Å². The second kappa shape index (κ2) is 6.45. The van der Waals surface area contributed by atoms with E-state index in [9.17, 15) is 9.18 Å². The van der Waals surface area contributed by atoms with Gasteiger partial charge >= 0.3 is 0 Å². The average molecular weight is 275 g/mol. The van der Waals surface area contributed by atoms with Crippen LogP contribution >= 0.6 is 23.2 Å². The van der Waals surface area contributed by atoms with Gasteiger partial charge in [-0.3, -0.25) is 10.1 Å². The van der Waals surface area contributed by atoms with Gasteiger partial charge in [-0.15, -0.1) is 6.42 Å².